The number of nitro groups is 1. The topological polar surface area (TPSA) is 60.2 Å². The number of non-ortho nitro benzene ring substituents is 1. The summed E-state index contributed by atoms with van der Waals surface area (Å²) in [7, 11) is 0. The third-order valence-electron chi connectivity index (χ3n) is 6.34. The van der Waals surface area contributed by atoms with Gasteiger partial charge in [-0.05, 0) is 23.8 Å². The smallest absolute Gasteiger partial charge is 0.269 e. The van der Waals surface area contributed by atoms with Crippen LogP contribution in [0.3, 0.4) is 0 Å². The van der Waals surface area contributed by atoms with E-state index in [1.165, 1.54) is 0 Å². The summed E-state index contributed by atoms with van der Waals surface area (Å²) >= 11 is 0. The van der Waals surface area contributed by atoms with E-state index in [9.17, 15) is 14.9 Å². The Balaban J connectivity index is 2.10. The summed E-state index contributed by atoms with van der Waals surface area (Å²) in [5.41, 5.74) is 0.659. The molecular formula is C16H19NO3. The first-order chi connectivity index (χ1) is 9.24. The fraction of sp³-hybridized carbons (Fsp3) is 0.562. The van der Waals surface area contributed by atoms with Crippen LogP contribution in [0.5, 0.6) is 0 Å². The summed E-state index contributed by atoms with van der Waals surface area (Å²) in [5, 5.41) is 10.8. The molecule has 4 nitrogen and oxygen atoms in total. The van der Waals surface area contributed by atoms with Gasteiger partial charge in [-0.1, -0.05) is 32.9 Å². The molecule has 1 aromatic carbocycles. The fourth-order valence-electron chi connectivity index (χ4n) is 4.39. The average molecular weight is 273 g/mol. The highest BCUT2D eigenvalue weighted by Gasteiger charge is 2.69. The lowest BCUT2D eigenvalue weighted by Gasteiger charge is -2.40. The highest BCUT2D eigenvalue weighted by atomic mass is 16.6. The van der Waals surface area contributed by atoms with Gasteiger partial charge in [0.05, 0.1) is 4.92 Å². The molecule has 0 amide bonds. The maximum atomic E-state index is 12.4. The van der Waals surface area contributed by atoms with Crippen molar-refractivity contribution in [1.82, 2.24) is 0 Å². The van der Waals surface area contributed by atoms with E-state index in [0.717, 1.165) is 18.4 Å². The summed E-state index contributed by atoms with van der Waals surface area (Å²) in [4.78, 5) is 22.8. The molecule has 1 aromatic rings. The molecule has 0 N–H and O–H groups in total. The zero-order chi connectivity index (χ0) is 14.8. The van der Waals surface area contributed by atoms with Gasteiger partial charge in [0.1, 0.15) is 5.78 Å². The molecule has 2 aliphatic carbocycles. The predicted octanol–water partition coefficient (Wildman–Crippen LogP) is 3.63. The van der Waals surface area contributed by atoms with Crippen LogP contribution in [0.4, 0.5) is 5.69 Å². The van der Waals surface area contributed by atoms with Crippen LogP contribution in [-0.4, -0.2) is 10.7 Å². The molecular weight excluding hydrogens is 254 g/mol. The van der Waals surface area contributed by atoms with Gasteiger partial charge in [0.25, 0.3) is 5.69 Å². The number of rotatable bonds is 2. The Labute approximate surface area is 118 Å². The summed E-state index contributed by atoms with van der Waals surface area (Å²) in [5.74, 6) is 0.340. The third kappa shape index (κ3) is 1.29. The molecule has 106 valence electrons. The van der Waals surface area contributed by atoms with Crippen LogP contribution >= 0.6 is 0 Å². The van der Waals surface area contributed by atoms with Crippen LogP contribution in [0.2, 0.25) is 0 Å². The van der Waals surface area contributed by atoms with Crippen molar-refractivity contribution in [3.63, 3.8) is 0 Å². The fourth-order valence-corrected chi connectivity index (χ4v) is 4.39. The van der Waals surface area contributed by atoms with Crippen molar-refractivity contribution in [3.8, 4) is 0 Å². The van der Waals surface area contributed by atoms with Crippen molar-refractivity contribution in [1.29, 1.82) is 0 Å². The number of Topliss-reactive ketones (excluding diaryl/α,β-unsaturated/α-hetero) is 1. The minimum atomic E-state index is -0.384. The van der Waals surface area contributed by atoms with Crippen molar-refractivity contribution in [2.75, 3.05) is 0 Å². The molecule has 0 saturated heterocycles. The van der Waals surface area contributed by atoms with Crippen molar-refractivity contribution in [3.05, 3.63) is 39.9 Å². The van der Waals surface area contributed by atoms with E-state index in [-0.39, 0.29) is 26.9 Å². The maximum absolute atomic E-state index is 12.4. The Kier molecular flexibility index (Phi) is 2.45. The van der Waals surface area contributed by atoms with Gasteiger partial charge >= 0.3 is 0 Å². The largest absolute Gasteiger partial charge is 0.299 e. The number of carbonyl (C=O) groups excluding carboxylic acids is 1. The molecule has 0 heterocycles. The Morgan fingerprint density at radius 1 is 1.10 bits per heavy atom. The first kappa shape index (κ1) is 13.3. The van der Waals surface area contributed by atoms with Crippen molar-refractivity contribution >= 4 is 11.5 Å². The zero-order valence-electron chi connectivity index (χ0n) is 12.1. The van der Waals surface area contributed by atoms with E-state index in [1.54, 1.807) is 12.1 Å². The van der Waals surface area contributed by atoms with Gasteiger partial charge in [0.2, 0.25) is 0 Å². The standard InChI is InChI=1S/C16H19NO3/c1-14(2)15(3)8-9-16(14,10-13(15)18)11-4-6-12(7-5-11)17(19)20/h4-7H,8-10H2,1-3H3/t15-,16-/m1/s1. The number of nitrogens with zero attached hydrogens (tertiary/aromatic N) is 1. The molecule has 2 saturated carbocycles. The van der Waals surface area contributed by atoms with E-state index in [0.29, 0.717) is 12.2 Å². The number of hydrogen-bond donors (Lipinski definition) is 0. The van der Waals surface area contributed by atoms with E-state index in [1.807, 2.05) is 12.1 Å². The van der Waals surface area contributed by atoms with E-state index in [4.69, 9.17) is 0 Å². The van der Waals surface area contributed by atoms with E-state index in [2.05, 4.69) is 20.8 Å². The number of benzene rings is 1. The normalized spacial score (nSPS) is 34.5. The highest BCUT2D eigenvalue weighted by molar-refractivity contribution is 5.91. The molecule has 20 heavy (non-hydrogen) atoms. The first-order valence-corrected chi connectivity index (χ1v) is 7.03. The monoisotopic (exact) mass is 273 g/mol. The van der Waals surface area contributed by atoms with Crippen molar-refractivity contribution in [2.24, 2.45) is 10.8 Å². The van der Waals surface area contributed by atoms with Gasteiger partial charge in [-0.25, -0.2) is 0 Å². The highest BCUT2D eigenvalue weighted by Crippen LogP contribution is 2.70. The number of nitro benzene ring substituents is 1. The quantitative estimate of drug-likeness (QED) is 0.610. The summed E-state index contributed by atoms with van der Waals surface area (Å²) in [6.45, 7) is 6.42. The van der Waals surface area contributed by atoms with E-state index < -0.39 is 0 Å². The Hall–Kier alpha value is -1.71. The summed E-state index contributed by atoms with van der Waals surface area (Å²) < 4.78 is 0. The summed E-state index contributed by atoms with van der Waals surface area (Å²) in [6.07, 6.45) is 2.46. The summed E-state index contributed by atoms with van der Waals surface area (Å²) in [6, 6.07) is 6.78. The van der Waals surface area contributed by atoms with Crippen LogP contribution in [0.1, 0.15) is 45.6 Å². The second-order valence-corrected chi connectivity index (χ2v) is 6.94. The lowest BCUT2D eigenvalue weighted by molar-refractivity contribution is -0.384. The minimum absolute atomic E-state index is 0.104. The third-order valence-corrected chi connectivity index (χ3v) is 6.34. The predicted molar refractivity (Wildman–Crippen MR) is 75.5 cm³/mol. The van der Waals surface area contributed by atoms with Crippen LogP contribution in [-0.2, 0) is 10.2 Å². The molecule has 0 unspecified atom stereocenters. The van der Waals surface area contributed by atoms with Crippen LogP contribution in [0, 0.1) is 20.9 Å². The Morgan fingerprint density at radius 3 is 2.10 bits per heavy atom. The van der Waals surface area contributed by atoms with Gasteiger partial charge < -0.3 is 0 Å². The molecule has 0 spiro atoms. The first-order valence-electron chi connectivity index (χ1n) is 7.03. The second kappa shape index (κ2) is 3.68. The van der Waals surface area contributed by atoms with Gasteiger partial charge in [-0.15, -0.1) is 0 Å². The molecule has 0 radical (unpaired) electrons. The molecule has 3 rings (SSSR count). The molecule has 0 aliphatic heterocycles. The zero-order valence-corrected chi connectivity index (χ0v) is 12.1. The average Bonchev–Trinajstić information content (AvgIpc) is 2.69. The van der Waals surface area contributed by atoms with Gasteiger partial charge in [-0.3, -0.25) is 14.9 Å². The molecule has 2 bridgehead atoms. The van der Waals surface area contributed by atoms with Gasteiger partial charge in [0.15, 0.2) is 0 Å². The molecule has 2 aliphatic rings. The van der Waals surface area contributed by atoms with E-state index >= 15 is 0 Å². The second-order valence-electron chi connectivity index (χ2n) is 6.94. The van der Waals surface area contributed by atoms with Crippen LogP contribution in [0.25, 0.3) is 0 Å². The van der Waals surface area contributed by atoms with Crippen LogP contribution < -0.4 is 0 Å². The SMILES string of the molecule is CC1(C)[C@]2(c3ccc([N+](=O)[O-])cc3)CC[C@]1(C)C(=O)C2. The molecule has 0 aromatic heterocycles. The Morgan fingerprint density at radius 2 is 1.70 bits per heavy atom. The minimum Gasteiger partial charge on any atom is -0.299 e. The number of ketones is 1. The Bertz CT molecular complexity index is 605. The van der Waals surface area contributed by atoms with Gasteiger partial charge in [0, 0.05) is 29.4 Å². The lowest BCUT2D eigenvalue weighted by Crippen LogP contribution is -2.38. The molecule has 2 fully saturated rings. The molecule has 2 atom stereocenters. The number of hydrogen-bond acceptors (Lipinski definition) is 3. The van der Waals surface area contributed by atoms with Crippen molar-refractivity contribution < 1.29 is 9.72 Å². The van der Waals surface area contributed by atoms with Crippen LogP contribution in [0.15, 0.2) is 24.3 Å². The molecule has 4 heteroatoms. The maximum Gasteiger partial charge on any atom is 0.269 e. The number of fused-ring (bicyclic) bond motifs is 2. The lowest BCUT2D eigenvalue weighted by atomic mass is 9.62. The number of carbonyl (C=O) groups is 1. The van der Waals surface area contributed by atoms with Gasteiger partial charge in [-0.2, -0.15) is 0 Å². The van der Waals surface area contributed by atoms with Crippen molar-refractivity contribution in [2.45, 2.75) is 45.4 Å².